The lowest BCUT2D eigenvalue weighted by atomic mass is 10.2. The third-order valence-electron chi connectivity index (χ3n) is 3.85. The number of furan rings is 1. The summed E-state index contributed by atoms with van der Waals surface area (Å²) in [6, 6.07) is 11.6. The first kappa shape index (κ1) is 13.3. The summed E-state index contributed by atoms with van der Waals surface area (Å²) in [6.07, 6.45) is 4.29. The van der Waals surface area contributed by atoms with Crippen molar-refractivity contribution >= 4 is 22.9 Å². The van der Waals surface area contributed by atoms with Crippen molar-refractivity contribution in [1.29, 1.82) is 0 Å². The average Bonchev–Trinajstić information content (AvgIpc) is 2.97. The van der Waals surface area contributed by atoms with Gasteiger partial charge in [-0.05, 0) is 30.7 Å². The van der Waals surface area contributed by atoms with Gasteiger partial charge in [0.1, 0.15) is 10.8 Å². The standard InChI is InChI=1S/C17H14N2O2S/c20-16(14-10-13(14)15-5-2-7-21-15)19-12-4-1-3-11(9-12)17-18-6-8-22-17/h1-9,13-14H,10H2,(H,19,20). The largest absolute Gasteiger partial charge is 0.469 e. The number of hydrogen-bond donors (Lipinski definition) is 1. The molecule has 22 heavy (non-hydrogen) atoms. The predicted molar refractivity (Wildman–Crippen MR) is 85.7 cm³/mol. The molecular formula is C17H14N2O2S. The van der Waals surface area contributed by atoms with E-state index in [2.05, 4.69) is 10.3 Å². The Bertz CT molecular complexity index is 781. The lowest BCUT2D eigenvalue weighted by Crippen LogP contribution is -2.14. The van der Waals surface area contributed by atoms with Gasteiger partial charge in [0.25, 0.3) is 0 Å². The molecule has 1 saturated carbocycles. The molecule has 110 valence electrons. The maximum Gasteiger partial charge on any atom is 0.228 e. The van der Waals surface area contributed by atoms with Gasteiger partial charge in [0.15, 0.2) is 0 Å². The van der Waals surface area contributed by atoms with Crippen LogP contribution in [-0.4, -0.2) is 10.9 Å². The SMILES string of the molecule is O=C(Nc1cccc(-c2nccs2)c1)C1CC1c1ccco1. The van der Waals surface area contributed by atoms with Crippen molar-refractivity contribution in [3.63, 3.8) is 0 Å². The number of nitrogens with zero attached hydrogens (tertiary/aromatic N) is 1. The Balaban J connectivity index is 1.46. The van der Waals surface area contributed by atoms with Crippen LogP contribution in [-0.2, 0) is 4.79 Å². The number of aromatic nitrogens is 1. The summed E-state index contributed by atoms with van der Waals surface area (Å²) in [4.78, 5) is 16.6. The summed E-state index contributed by atoms with van der Waals surface area (Å²) in [5.74, 6) is 1.18. The Morgan fingerprint density at radius 2 is 2.27 bits per heavy atom. The van der Waals surface area contributed by atoms with Gasteiger partial charge in [-0.15, -0.1) is 11.3 Å². The molecule has 2 heterocycles. The molecule has 0 spiro atoms. The highest BCUT2D eigenvalue weighted by Gasteiger charge is 2.45. The predicted octanol–water partition coefficient (Wildman–Crippen LogP) is 4.15. The Hall–Kier alpha value is -2.40. The summed E-state index contributed by atoms with van der Waals surface area (Å²) >= 11 is 1.58. The minimum absolute atomic E-state index is 0.00895. The van der Waals surface area contributed by atoms with Gasteiger partial charge in [0.2, 0.25) is 5.91 Å². The topological polar surface area (TPSA) is 55.1 Å². The number of carbonyl (C=O) groups excluding carboxylic acids is 1. The maximum absolute atomic E-state index is 12.3. The molecule has 0 aliphatic heterocycles. The van der Waals surface area contributed by atoms with Gasteiger partial charge >= 0.3 is 0 Å². The summed E-state index contributed by atoms with van der Waals surface area (Å²) in [7, 11) is 0. The number of thiazole rings is 1. The molecule has 0 radical (unpaired) electrons. The number of amides is 1. The highest BCUT2D eigenvalue weighted by atomic mass is 32.1. The molecule has 4 nitrogen and oxygen atoms in total. The fourth-order valence-electron chi connectivity index (χ4n) is 2.63. The lowest BCUT2D eigenvalue weighted by molar-refractivity contribution is -0.117. The van der Waals surface area contributed by atoms with Crippen molar-refractivity contribution in [1.82, 2.24) is 4.98 Å². The second-order valence-corrected chi connectivity index (χ2v) is 6.27. The molecule has 0 bridgehead atoms. The van der Waals surface area contributed by atoms with E-state index >= 15 is 0 Å². The van der Waals surface area contributed by atoms with Crippen LogP contribution in [0.15, 0.2) is 58.7 Å². The first-order valence-electron chi connectivity index (χ1n) is 7.15. The molecule has 2 atom stereocenters. The lowest BCUT2D eigenvalue weighted by Gasteiger charge is -2.06. The van der Waals surface area contributed by atoms with Crippen LogP contribution in [0.2, 0.25) is 0 Å². The van der Waals surface area contributed by atoms with Crippen LogP contribution in [0.1, 0.15) is 18.1 Å². The number of anilines is 1. The van der Waals surface area contributed by atoms with Crippen LogP contribution in [0, 0.1) is 5.92 Å². The van der Waals surface area contributed by atoms with Crippen LogP contribution < -0.4 is 5.32 Å². The van der Waals surface area contributed by atoms with Gasteiger partial charge in [-0.1, -0.05) is 12.1 Å². The third kappa shape index (κ3) is 2.55. The molecule has 1 fully saturated rings. The van der Waals surface area contributed by atoms with E-state index < -0.39 is 0 Å². The van der Waals surface area contributed by atoms with E-state index in [1.807, 2.05) is 41.8 Å². The van der Waals surface area contributed by atoms with Gasteiger partial charge in [-0.2, -0.15) is 0 Å². The Morgan fingerprint density at radius 3 is 3.05 bits per heavy atom. The molecule has 1 aliphatic rings. The number of benzene rings is 1. The zero-order valence-electron chi connectivity index (χ0n) is 11.7. The molecule has 1 aliphatic carbocycles. The molecule has 5 heteroatoms. The average molecular weight is 310 g/mol. The first-order valence-corrected chi connectivity index (χ1v) is 8.03. The van der Waals surface area contributed by atoms with Gasteiger partial charge in [0.05, 0.1) is 6.26 Å². The Kier molecular flexibility index (Phi) is 3.27. The van der Waals surface area contributed by atoms with Crippen LogP contribution >= 0.6 is 11.3 Å². The third-order valence-corrected chi connectivity index (χ3v) is 4.67. The van der Waals surface area contributed by atoms with Crippen molar-refractivity contribution in [2.24, 2.45) is 5.92 Å². The van der Waals surface area contributed by atoms with Crippen molar-refractivity contribution in [3.8, 4) is 10.6 Å². The second-order valence-electron chi connectivity index (χ2n) is 5.37. The van der Waals surface area contributed by atoms with Gasteiger partial charge in [-0.3, -0.25) is 4.79 Å². The minimum atomic E-state index is 0.00895. The van der Waals surface area contributed by atoms with E-state index in [0.29, 0.717) is 0 Å². The quantitative estimate of drug-likeness (QED) is 0.787. The summed E-state index contributed by atoms with van der Waals surface area (Å²) in [5, 5.41) is 5.89. The monoisotopic (exact) mass is 310 g/mol. The zero-order valence-corrected chi connectivity index (χ0v) is 12.5. The molecule has 2 aromatic heterocycles. The molecule has 1 aromatic carbocycles. The fraction of sp³-hybridized carbons (Fsp3) is 0.176. The molecular weight excluding hydrogens is 296 g/mol. The van der Waals surface area contributed by atoms with E-state index in [4.69, 9.17) is 4.42 Å². The molecule has 2 unspecified atom stereocenters. The van der Waals surface area contributed by atoms with Crippen molar-refractivity contribution in [3.05, 3.63) is 60.0 Å². The second kappa shape index (κ2) is 5.42. The minimum Gasteiger partial charge on any atom is -0.469 e. The van der Waals surface area contributed by atoms with Crippen molar-refractivity contribution in [2.45, 2.75) is 12.3 Å². The highest BCUT2D eigenvalue weighted by Crippen LogP contribution is 2.48. The summed E-state index contributed by atoms with van der Waals surface area (Å²) in [6.45, 7) is 0. The Morgan fingerprint density at radius 1 is 1.32 bits per heavy atom. The normalized spacial score (nSPS) is 19.8. The number of nitrogens with one attached hydrogen (secondary N) is 1. The van der Waals surface area contributed by atoms with E-state index in [1.54, 1.807) is 23.8 Å². The Labute approximate surface area is 131 Å². The van der Waals surface area contributed by atoms with E-state index in [9.17, 15) is 4.79 Å². The van der Waals surface area contributed by atoms with Crippen LogP contribution in [0.25, 0.3) is 10.6 Å². The smallest absolute Gasteiger partial charge is 0.228 e. The fourth-order valence-corrected chi connectivity index (χ4v) is 3.27. The van der Waals surface area contributed by atoms with Gasteiger partial charge in [0, 0.05) is 34.7 Å². The zero-order chi connectivity index (χ0) is 14.9. The van der Waals surface area contributed by atoms with Crippen LogP contribution in [0.3, 0.4) is 0 Å². The van der Waals surface area contributed by atoms with Crippen LogP contribution in [0.4, 0.5) is 5.69 Å². The van der Waals surface area contributed by atoms with E-state index in [1.165, 1.54) is 0 Å². The number of carbonyl (C=O) groups is 1. The van der Waals surface area contributed by atoms with Crippen molar-refractivity contribution < 1.29 is 9.21 Å². The highest BCUT2D eigenvalue weighted by molar-refractivity contribution is 7.13. The molecule has 1 amide bonds. The van der Waals surface area contributed by atoms with Crippen LogP contribution in [0.5, 0.6) is 0 Å². The maximum atomic E-state index is 12.3. The molecule has 3 aromatic rings. The van der Waals surface area contributed by atoms with E-state index in [-0.39, 0.29) is 17.7 Å². The van der Waals surface area contributed by atoms with Crippen molar-refractivity contribution in [2.75, 3.05) is 5.32 Å². The molecule has 1 N–H and O–H groups in total. The van der Waals surface area contributed by atoms with Gasteiger partial charge in [-0.25, -0.2) is 4.98 Å². The summed E-state index contributed by atoms with van der Waals surface area (Å²) < 4.78 is 5.37. The first-order chi connectivity index (χ1) is 10.8. The van der Waals surface area contributed by atoms with Gasteiger partial charge < -0.3 is 9.73 Å². The molecule has 4 rings (SSSR count). The number of rotatable bonds is 4. The summed E-state index contributed by atoms with van der Waals surface area (Å²) in [5.41, 5.74) is 1.83. The molecule has 0 saturated heterocycles. The van der Waals surface area contributed by atoms with E-state index in [0.717, 1.165) is 28.4 Å². The number of hydrogen-bond acceptors (Lipinski definition) is 4.